The summed E-state index contributed by atoms with van der Waals surface area (Å²) in [4.78, 5) is 14.3. The van der Waals surface area contributed by atoms with E-state index in [0.29, 0.717) is 12.5 Å². The van der Waals surface area contributed by atoms with Crippen LogP contribution in [0.2, 0.25) is 0 Å². The van der Waals surface area contributed by atoms with Crippen molar-refractivity contribution in [1.29, 1.82) is 0 Å². The molecular weight excluding hydrogens is 238 g/mol. The lowest BCUT2D eigenvalue weighted by Crippen LogP contribution is -2.51. The van der Waals surface area contributed by atoms with Crippen molar-refractivity contribution in [2.45, 2.75) is 25.4 Å². The van der Waals surface area contributed by atoms with Gasteiger partial charge in [0.2, 0.25) is 5.91 Å². The topological polar surface area (TPSA) is 44.4 Å². The standard InChI is InChI=1S/C15H23N3O/c1-12(13-6-4-3-5-7-13)17-15(19)10-14-11-16-8-9-18(14)2/h3-7,12,14,16H,8-11H2,1-2H3,(H,17,19). The first kappa shape index (κ1) is 14.0. The van der Waals surface area contributed by atoms with E-state index in [1.807, 2.05) is 37.3 Å². The van der Waals surface area contributed by atoms with Gasteiger partial charge >= 0.3 is 0 Å². The monoisotopic (exact) mass is 261 g/mol. The van der Waals surface area contributed by atoms with Gasteiger partial charge in [0.05, 0.1) is 6.04 Å². The number of carbonyl (C=O) groups is 1. The lowest BCUT2D eigenvalue weighted by atomic mass is 10.1. The Bertz CT molecular complexity index is 407. The van der Waals surface area contributed by atoms with Crippen molar-refractivity contribution in [2.24, 2.45) is 0 Å². The molecule has 1 aliphatic rings. The van der Waals surface area contributed by atoms with E-state index in [1.165, 1.54) is 0 Å². The van der Waals surface area contributed by atoms with Crippen LogP contribution in [0.3, 0.4) is 0 Å². The Balaban J connectivity index is 1.84. The highest BCUT2D eigenvalue weighted by Crippen LogP contribution is 2.12. The number of hydrogen-bond donors (Lipinski definition) is 2. The largest absolute Gasteiger partial charge is 0.350 e. The van der Waals surface area contributed by atoms with Crippen molar-refractivity contribution in [2.75, 3.05) is 26.7 Å². The highest BCUT2D eigenvalue weighted by Gasteiger charge is 2.22. The van der Waals surface area contributed by atoms with Gasteiger partial charge < -0.3 is 15.5 Å². The number of piperazine rings is 1. The normalized spacial score (nSPS) is 21.9. The highest BCUT2D eigenvalue weighted by molar-refractivity contribution is 5.77. The Hall–Kier alpha value is -1.39. The molecule has 4 heteroatoms. The van der Waals surface area contributed by atoms with Gasteiger partial charge in [0, 0.05) is 32.1 Å². The van der Waals surface area contributed by atoms with E-state index >= 15 is 0 Å². The molecule has 1 aromatic rings. The molecule has 0 bridgehead atoms. The van der Waals surface area contributed by atoms with E-state index in [-0.39, 0.29) is 11.9 Å². The quantitative estimate of drug-likeness (QED) is 0.855. The predicted molar refractivity (Wildman–Crippen MR) is 76.9 cm³/mol. The van der Waals surface area contributed by atoms with Crippen LogP contribution >= 0.6 is 0 Å². The number of likely N-dealkylation sites (N-methyl/N-ethyl adjacent to an activating group) is 1. The Kier molecular flexibility index (Phi) is 4.93. The first-order valence-electron chi connectivity index (χ1n) is 6.92. The van der Waals surface area contributed by atoms with E-state index in [9.17, 15) is 4.79 Å². The van der Waals surface area contributed by atoms with E-state index in [4.69, 9.17) is 0 Å². The maximum Gasteiger partial charge on any atom is 0.222 e. The summed E-state index contributed by atoms with van der Waals surface area (Å²) in [7, 11) is 2.08. The fourth-order valence-corrected chi connectivity index (χ4v) is 2.43. The molecular formula is C15H23N3O. The summed E-state index contributed by atoms with van der Waals surface area (Å²) in [6.07, 6.45) is 0.556. The zero-order chi connectivity index (χ0) is 13.7. The molecule has 1 aliphatic heterocycles. The Morgan fingerprint density at radius 3 is 2.89 bits per heavy atom. The van der Waals surface area contributed by atoms with Crippen molar-refractivity contribution in [3.05, 3.63) is 35.9 Å². The third kappa shape index (κ3) is 4.04. The third-order valence-corrected chi connectivity index (χ3v) is 3.74. The average molecular weight is 261 g/mol. The molecule has 0 aliphatic carbocycles. The zero-order valence-electron chi connectivity index (χ0n) is 11.7. The van der Waals surface area contributed by atoms with Crippen LogP contribution in [-0.4, -0.2) is 43.5 Å². The summed E-state index contributed by atoms with van der Waals surface area (Å²) >= 11 is 0. The second kappa shape index (κ2) is 6.68. The van der Waals surface area contributed by atoms with Gasteiger partial charge in [-0.25, -0.2) is 0 Å². The molecule has 1 fully saturated rings. The summed E-state index contributed by atoms with van der Waals surface area (Å²) in [6.45, 7) is 4.93. The number of nitrogens with zero attached hydrogens (tertiary/aromatic N) is 1. The molecule has 2 N–H and O–H groups in total. The first-order valence-corrected chi connectivity index (χ1v) is 6.92. The molecule has 1 heterocycles. The van der Waals surface area contributed by atoms with Crippen LogP contribution in [0.15, 0.2) is 30.3 Å². The smallest absolute Gasteiger partial charge is 0.222 e. The molecule has 0 aromatic heterocycles. The Morgan fingerprint density at radius 2 is 2.21 bits per heavy atom. The predicted octanol–water partition coefficient (Wildman–Crippen LogP) is 1.16. The number of hydrogen-bond acceptors (Lipinski definition) is 3. The lowest BCUT2D eigenvalue weighted by molar-refractivity contribution is -0.123. The molecule has 1 aromatic carbocycles. The number of nitrogens with one attached hydrogen (secondary N) is 2. The van der Waals surface area contributed by atoms with Crippen molar-refractivity contribution in [3.63, 3.8) is 0 Å². The third-order valence-electron chi connectivity index (χ3n) is 3.74. The second-order valence-corrected chi connectivity index (χ2v) is 5.24. The van der Waals surface area contributed by atoms with E-state index in [1.54, 1.807) is 0 Å². The van der Waals surface area contributed by atoms with Crippen LogP contribution in [0.4, 0.5) is 0 Å². The molecule has 19 heavy (non-hydrogen) atoms. The minimum absolute atomic E-state index is 0.0653. The average Bonchev–Trinajstić information content (AvgIpc) is 2.42. The Labute approximate surface area is 115 Å². The Morgan fingerprint density at radius 1 is 1.47 bits per heavy atom. The van der Waals surface area contributed by atoms with Crippen molar-refractivity contribution in [3.8, 4) is 0 Å². The van der Waals surface area contributed by atoms with Gasteiger partial charge in [-0.05, 0) is 19.5 Å². The van der Waals surface area contributed by atoms with Gasteiger partial charge in [0.25, 0.3) is 0 Å². The fourth-order valence-electron chi connectivity index (χ4n) is 2.43. The second-order valence-electron chi connectivity index (χ2n) is 5.24. The molecule has 0 spiro atoms. The summed E-state index contributed by atoms with van der Waals surface area (Å²) in [5, 5.41) is 6.40. The van der Waals surface area contributed by atoms with Crippen molar-refractivity contribution < 1.29 is 4.79 Å². The molecule has 2 rings (SSSR count). The lowest BCUT2D eigenvalue weighted by Gasteiger charge is -2.32. The summed E-state index contributed by atoms with van der Waals surface area (Å²) < 4.78 is 0. The molecule has 2 atom stereocenters. The van der Waals surface area contributed by atoms with Crippen LogP contribution in [0, 0.1) is 0 Å². The van der Waals surface area contributed by atoms with Crippen LogP contribution < -0.4 is 10.6 Å². The number of benzene rings is 1. The maximum absolute atomic E-state index is 12.1. The molecule has 0 radical (unpaired) electrons. The van der Waals surface area contributed by atoms with Gasteiger partial charge in [-0.3, -0.25) is 4.79 Å². The molecule has 104 valence electrons. The van der Waals surface area contributed by atoms with E-state index < -0.39 is 0 Å². The van der Waals surface area contributed by atoms with Crippen molar-refractivity contribution in [1.82, 2.24) is 15.5 Å². The van der Waals surface area contributed by atoms with Crippen LogP contribution in [0.1, 0.15) is 24.9 Å². The maximum atomic E-state index is 12.1. The summed E-state index contributed by atoms with van der Waals surface area (Å²) in [5.41, 5.74) is 1.14. The van der Waals surface area contributed by atoms with Gasteiger partial charge in [0.15, 0.2) is 0 Å². The molecule has 1 saturated heterocycles. The van der Waals surface area contributed by atoms with Crippen LogP contribution in [0.5, 0.6) is 0 Å². The fraction of sp³-hybridized carbons (Fsp3) is 0.533. The minimum Gasteiger partial charge on any atom is -0.350 e. The highest BCUT2D eigenvalue weighted by atomic mass is 16.1. The SMILES string of the molecule is CC(NC(=O)CC1CNCCN1C)c1ccccc1. The van der Waals surface area contributed by atoms with Gasteiger partial charge in [-0.1, -0.05) is 30.3 Å². The van der Waals surface area contributed by atoms with Gasteiger partial charge in [-0.15, -0.1) is 0 Å². The number of rotatable bonds is 4. The number of amides is 1. The van der Waals surface area contributed by atoms with Gasteiger partial charge in [-0.2, -0.15) is 0 Å². The molecule has 1 amide bonds. The van der Waals surface area contributed by atoms with Crippen LogP contribution in [-0.2, 0) is 4.79 Å². The summed E-state index contributed by atoms with van der Waals surface area (Å²) in [5.74, 6) is 0.122. The number of carbonyl (C=O) groups excluding carboxylic acids is 1. The summed E-state index contributed by atoms with van der Waals surface area (Å²) in [6, 6.07) is 10.4. The molecule has 4 nitrogen and oxygen atoms in total. The van der Waals surface area contributed by atoms with Gasteiger partial charge in [0.1, 0.15) is 0 Å². The first-order chi connectivity index (χ1) is 9.16. The van der Waals surface area contributed by atoms with Crippen LogP contribution in [0.25, 0.3) is 0 Å². The minimum atomic E-state index is 0.0653. The molecule has 2 unspecified atom stereocenters. The zero-order valence-corrected chi connectivity index (χ0v) is 11.7. The van der Waals surface area contributed by atoms with E-state index in [2.05, 4.69) is 22.6 Å². The van der Waals surface area contributed by atoms with Crippen molar-refractivity contribution >= 4 is 5.91 Å². The molecule has 0 saturated carbocycles. The van der Waals surface area contributed by atoms with E-state index in [0.717, 1.165) is 25.2 Å².